The third kappa shape index (κ3) is 5.85. The number of hydrogen-bond acceptors (Lipinski definition) is 4. The molecule has 2 rings (SSSR count). The van der Waals surface area contributed by atoms with Crippen LogP contribution in [0.4, 0.5) is 23.7 Å². The van der Waals surface area contributed by atoms with E-state index in [4.69, 9.17) is 4.74 Å². The third-order valence-corrected chi connectivity index (χ3v) is 3.81. The summed E-state index contributed by atoms with van der Waals surface area (Å²) in [5.41, 5.74) is -0.874. The summed E-state index contributed by atoms with van der Waals surface area (Å²) in [6.07, 6.45) is -5.60. The Bertz CT molecular complexity index is 673. The first-order valence-electron chi connectivity index (χ1n) is 8.52. The van der Waals surface area contributed by atoms with Crippen molar-refractivity contribution in [2.24, 2.45) is 5.92 Å². The number of carbonyl (C=O) groups excluding carboxylic acids is 2. The van der Waals surface area contributed by atoms with Crippen LogP contribution in [0, 0.1) is 5.92 Å². The van der Waals surface area contributed by atoms with Crippen molar-refractivity contribution >= 4 is 17.7 Å². The molecule has 1 fully saturated rings. The number of ether oxygens (including phenoxy) is 1. The highest BCUT2D eigenvalue weighted by Crippen LogP contribution is 2.30. The number of hydroxylamine groups is 1. The maximum atomic E-state index is 12.9. The highest BCUT2D eigenvalue weighted by molar-refractivity contribution is 5.97. The highest BCUT2D eigenvalue weighted by atomic mass is 19.4. The van der Waals surface area contributed by atoms with E-state index in [1.54, 1.807) is 26.8 Å². The molecule has 0 aromatic heterocycles. The molecule has 1 aromatic rings. The van der Waals surface area contributed by atoms with Gasteiger partial charge in [-0.3, -0.25) is 9.69 Å². The number of carbonyl (C=O) groups is 2. The number of benzene rings is 1. The van der Waals surface area contributed by atoms with Crippen molar-refractivity contribution in [3.05, 3.63) is 30.3 Å². The minimum atomic E-state index is -5.06. The van der Waals surface area contributed by atoms with Gasteiger partial charge >= 0.3 is 12.5 Å². The van der Waals surface area contributed by atoms with Gasteiger partial charge in [-0.1, -0.05) is 25.1 Å². The molecule has 2 atom stereocenters. The second kappa shape index (κ2) is 7.75. The Morgan fingerprint density at radius 2 is 1.74 bits per heavy atom. The Morgan fingerprint density at radius 1 is 1.15 bits per heavy atom. The summed E-state index contributed by atoms with van der Waals surface area (Å²) < 4.78 is 43.9. The number of anilines is 1. The molecule has 0 radical (unpaired) electrons. The van der Waals surface area contributed by atoms with E-state index in [2.05, 4.69) is 4.84 Å². The predicted octanol–water partition coefficient (Wildman–Crippen LogP) is 4.12. The third-order valence-electron chi connectivity index (χ3n) is 3.81. The minimum Gasteiger partial charge on any atom is -0.444 e. The molecule has 0 bridgehead atoms. The maximum absolute atomic E-state index is 12.9. The summed E-state index contributed by atoms with van der Waals surface area (Å²) in [5.74, 6) is -1.05. The average Bonchev–Trinajstić information content (AvgIpc) is 2.92. The first-order chi connectivity index (χ1) is 12.4. The van der Waals surface area contributed by atoms with Gasteiger partial charge in [0.05, 0.1) is 5.69 Å². The fraction of sp³-hybridized carbons (Fsp3) is 0.556. The summed E-state index contributed by atoms with van der Waals surface area (Å²) in [6, 6.07) is 6.10. The van der Waals surface area contributed by atoms with E-state index in [0.29, 0.717) is 0 Å². The van der Waals surface area contributed by atoms with Crippen molar-refractivity contribution in [2.45, 2.75) is 52.1 Å². The Balaban J connectivity index is 2.30. The molecule has 0 spiro atoms. The number of halogens is 3. The molecule has 6 nitrogen and oxygen atoms in total. The summed E-state index contributed by atoms with van der Waals surface area (Å²) in [7, 11) is 0. The van der Waals surface area contributed by atoms with Crippen LogP contribution >= 0.6 is 0 Å². The van der Waals surface area contributed by atoms with E-state index < -0.39 is 30.0 Å². The van der Waals surface area contributed by atoms with Crippen molar-refractivity contribution in [3.63, 3.8) is 0 Å². The molecular formula is C18H23F3N2O4. The van der Waals surface area contributed by atoms with Gasteiger partial charge in [0.1, 0.15) is 11.6 Å². The standard InChI is InChI=1S/C18H23F3N2O4/c1-12-10-14(22(11-12)16(25)26-17(2,3)4)15(24)23(27-18(19,20)21)13-8-6-5-7-9-13/h5-9,12,14H,10-11H2,1-4H3. The van der Waals surface area contributed by atoms with E-state index >= 15 is 0 Å². The van der Waals surface area contributed by atoms with Crippen molar-refractivity contribution in [1.29, 1.82) is 0 Å². The van der Waals surface area contributed by atoms with Crippen molar-refractivity contribution in [3.8, 4) is 0 Å². The summed E-state index contributed by atoms with van der Waals surface area (Å²) in [5, 5.41) is 0.195. The molecule has 0 saturated carbocycles. The van der Waals surface area contributed by atoms with Crippen LogP contribution < -0.4 is 5.06 Å². The van der Waals surface area contributed by atoms with E-state index in [1.165, 1.54) is 24.3 Å². The number of alkyl halides is 3. The first kappa shape index (κ1) is 21.0. The lowest BCUT2D eigenvalue weighted by Gasteiger charge is -2.31. The van der Waals surface area contributed by atoms with Gasteiger partial charge in [0.25, 0.3) is 5.91 Å². The number of hydrogen-bond donors (Lipinski definition) is 0. The van der Waals surface area contributed by atoms with Crippen molar-refractivity contribution < 1.29 is 32.3 Å². The monoisotopic (exact) mass is 388 g/mol. The fourth-order valence-corrected chi connectivity index (χ4v) is 2.83. The molecule has 1 heterocycles. The Morgan fingerprint density at radius 3 is 2.26 bits per heavy atom. The quantitative estimate of drug-likeness (QED) is 0.731. The largest absolute Gasteiger partial charge is 0.544 e. The summed E-state index contributed by atoms with van der Waals surface area (Å²) in [6.45, 7) is 7.03. The number of amides is 2. The van der Waals surface area contributed by atoms with Gasteiger partial charge in [-0.15, -0.1) is 13.2 Å². The lowest BCUT2D eigenvalue weighted by Crippen LogP contribution is -2.50. The number of likely N-dealkylation sites (tertiary alicyclic amines) is 1. The maximum Gasteiger partial charge on any atom is 0.544 e. The first-order valence-corrected chi connectivity index (χ1v) is 8.52. The molecule has 150 valence electrons. The summed E-state index contributed by atoms with van der Waals surface area (Å²) >= 11 is 0. The lowest BCUT2D eigenvalue weighted by atomic mass is 10.1. The van der Waals surface area contributed by atoms with Gasteiger partial charge in [-0.05, 0) is 45.2 Å². The average molecular weight is 388 g/mol. The van der Waals surface area contributed by atoms with Crippen LogP contribution in [0.15, 0.2) is 30.3 Å². The van der Waals surface area contributed by atoms with E-state index in [9.17, 15) is 22.8 Å². The van der Waals surface area contributed by atoms with Crippen LogP contribution in [-0.4, -0.2) is 41.5 Å². The predicted molar refractivity (Wildman–Crippen MR) is 91.6 cm³/mol. The molecule has 1 saturated heterocycles. The zero-order chi connectivity index (χ0) is 20.4. The van der Waals surface area contributed by atoms with Crippen LogP contribution in [0.5, 0.6) is 0 Å². The van der Waals surface area contributed by atoms with Crippen LogP contribution in [0.1, 0.15) is 34.1 Å². The Kier molecular flexibility index (Phi) is 6.04. The molecule has 0 aliphatic carbocycles. The Hall–Kier alpha value is -2.29. The van der Waals surface area contributed by atoms with Gasteiger partial charge in [-0.2, -0.15) is 9.90 Å². The van der Waals surface area contributed by atoms with E-state index in [1.807, 2.05) is 6.92 Å². The molecule has 2 unspecified atom stereocenters. The van der Waals surface area contributed by atoms with Crippen LogP contribution in [0.3, 0.4) is 0 Å². The molecule has 1 aliphatic heterocycles. The highest BCUT2D eigenvalue weighted by Gasteiger charge is 2.45. The zero-order valence-electron chi connectivity index (χ0n) is 15.6. The number of nitrogens with zero attached hydrogens (tertiary/aromatic N) is 2. The normalized spacial score (nSPS) is 20.5. The second-order valence-electron chi connectivity index (χ2n) is 7.49. The van der Waals surface area contributed by atoms with Crippen LogP contribution in [0.25, 0.3) is 0 Å². The second-order valence-corrected chi connectivity index (χ2v) is 7.49. The van der Waals surface area contributed by atoms with Crippen LogP contribution in [0.2, 0.25) is 0 Å². The summed E-state index contributed by atoms with van der Waals surface area (Å²) in [4.78, 5) is 30.5. The molecule has 2 amide bonds. The van der Waals surface area contributed by atoms with E-state index in [-0.39, 0.29) is 29.6 Å². The molecule has 27 heavy (non-hydrogen) atoms. The van der Waals surface area contributed by atoms with Gasteiger partial charge in [0.15, 0.2) is 0 Å². The van der Waals surface area contributed by atoms with Crippen molar-refractivity contribution in [2.75, 3.05) is 11.6 Å². The molecular weight excluding hydrogens is 365 g/mol. The fourth-order valence-electron chi connectivity index (χ4n) is 2.83. The molecule has 1 aromatic carbocycles. The van der Waals surface area contributed by atoms with Gasteiger partial charge in [0.2, 0.25) is 0 Å². The van der Waals surface area contributed by atoms with Gasteiger partial charge in [-0.25, -0.2) is 4.79 Å². The van der Waals surface area contributed by atoms with Crippen molar-refractivity contribution in [1.82, 2.24) is 4.90 Å². The van der Waals surface area contributed by atoms with Gasteiger partial charge < -0.3 is 4.74 Å². The zero-order valence-corrected chi connectivity index (χ0v) is 15.6. The molecule has 0 N–H and O–H groups in total. The number of rotatable bonds is 3. The number of para-hydroxylation sites is 1. The Labute approximate surface area is 155 Å². The topological polar surface area (TPSA) is 59.1 Å². The van der Waals surface area contributed by atoms with E-state index in [0.717, 1.165) is 4.90 Å². The molecule has 9 heteroatoms. The molecule has 1 aliphatic rings. The minimum absolute atomic E-state index is 0.0741. The lowest BCUT2D eigenvalue weighted by molar-refractivity contribution is -0.327. The van der Waals surface area contributed by atoms with Crippen LogP contribution in [-0.2, 0) is 14.4 Å². The smallest absolute Gasteiger partial charge is 0.444 e. The van der Waals surface area contributed by atoms with Gasteiger partial charge in [0, 0.05) is 6.54 Å². The SMILES string of the molecule is CC1CC(C(=O)N(OC(F)(F)F)c2ccccc2)N(C(=O)OC(C)(C)C)C1.